The van der Waals surface area contributed by atoms with Gasteiger partial charge in [0.1, 0.15) is 22.6 Å². The number of sulfonamides is 1. The van der Waals surface area contributed by atoms with Crippen molar-refractivity contribution in [1.29, 1.82) is 0 Å². The van der Waals surface area contributed by atoms with Gasteiger partial charge in [-0.25, -0.2) is 17.2 Å². The number of benzene rings is 1. The van der Waals surface area contributed by atoms with Crippen molar-refractivity contribution in [1.82, 2.24) is 9.21 Å². The van der Waals surface area contributed by atoms with Crippen LogP contribution in [0.2, 0.25) is 0 Å². The molecular formula is C14H18F2N2O4S. The summed E-state index contributed by atoms with van der Waals surface area (Å²) in [6.45, 7) is 2.35. The van der Waals surface area contributed by atoms with Crippen LogP contribution in [0.1, 0.15) is 13.3 Å². The molecule has 0 amide bonds. The second-order valence-corrected chi connectivity index (χ2v) is 7.18. The summed E-state index contributed by atoms with van der Waals surface area (Å²) < 4.78 is 52.6. The van der Waals surface area contributed by atoms with Gasteiger partial charge in [0.2, 0.25) is 10.0 Å². The molecule has 0 radical (unpaired) electrons. The zero-order chi connectivity index (χ0) is 17.2. The molecule has 0 spiro atoms. The maximum atomic E-state index is 13.7. The van der Waals surface area contributed by atoms with Crippen LogP contribution in [0.5, 0.6) is 0 Å². The third-order valence-corrected chi connectivity index (χ3v) is 5.83. The fraction of sp³-hybridized carbons (Fsp3) is 0.500. The SMILES string of the molecule is CCC(C(=O)O)N1CCN(S(=O)(=O)c2ccc(F)cc2F)CC1. The fourth-order valence-corrected chi connectivity index (χ4v) is 4.14. The highest BCUT2D eigenvalue weighted by molar-refractivity contribution is 7.89. The molecule has 0 saturated carbocycles. The monoisotopic (exact) mass is 348 g/mol. The molecule has 1 aliphatic heterocycles. The van der Waals surface area contributed by atoms with Gasteiger partial charge in [0.25, 0.3) is 0 Å². The molecule has 2 rings (SSSR count). The zero-order valence-corrected chi connectivity index (χ0v) is 13.4. The van der Waals surface area contributed by atoms with E-state index in [-0.39, 0.29) is 26.2 Å². The summed E-state index contributed by atoms with van der Waals surface area (Å²) in [4.78, 5) is 12.3. The van der Waals surface area contributed by atoms with Gasteiger partial charge in [0, 0.05) is 32.2 Å². The topological polar surface area (TPSA) is 77.9 Å². The molecule has 128 valence electrons. The number of carboxylic acids is 1. The van der Waals surface area contributed by atoms with Gasteiger partial charge in [0.15, 0.2) is 0 Å². The van der Waals surface area contributed by atoms with Crippen molar-refractivity contribution in [3.8, 4) is 0 Å². The van der Waals surface area contributed by atoms with Crippen molar-refractivity contribution in [2.75, 3.05) is 26.2 Å². The minimum absolute atomic E-state index is 0.0585. The Labute approximate surface area is 133 Å². The van der Waals surface area contributed by atoms with Crippen LogP contribution in [0.4, 0.5) is 8.78 Å². The molecule has 1 heterocycles. The van der Waals surface area contributed by atoms with Crippen LogP contribution < -0.4 is 0 Å². The van der Waals surface area contributed by atoms with E-state index in [9.17, 15) is 22.0 Å². The van der Waals surface area contributed by atoms with Gasteiger partial charge < -0.3 is 5.11 Å². The quantitative estimate of drug-likeness (QED) is 0.863. The molecule has 1 fully saturated rings. The fourth-order valence-electron chi connectivity index (χ4n) is 2.67. The Hall–Kier alpha value is -1.58. The number of nitrogens with zero attached hydrogens (tertiary/aromatic N) is 2. The number of aliphatic carboxylic acids is 1. The number of hydrogen-bond donors (Lipinski definition) is 1. The highest BCUT2D eigenvalue weighted by Gasteiger charge is 2.34. The second kappa shape index (κ2) is 6.90. The van der Waals surface area contributed by atoms with E-state index in [1.807, 2.05) is 0 Å². The lowest BCUT2D eigenvalue weighted by Crippen LogP contribution is -2.53. The summed E-state index contributed by atoms with van der Waals surface area (Å²) in [5, 5.41) is 9.13. The van der Waals surface area contributed by atoms with Gasteiger partial charge in [-0.15, -0.1) is 0 Å². The van der Waals surface area contributed by atoms with E-state index in [2.05, 4.69) is 0 Å². The Morgan fingerprint density at radius 1 is 1.26 bits per heavy atom. The normalized spacial score (nSPS) is 18.7. The third-order valence-electron chi connectivity index (χ3n) is 3.90. The molecule has 0 aromatic heterocycles. The first-order valence-corrected chi connectivity index (χ1v) is 8.63. The Balaban J connectivity index is 2.14. The van der Waals surface area contributed by atoms with Crippen LogP contribution in [0.3, 0.4) is 0 Å². The van der Waals surface area contributed by atoms with Crippen molar-refractivity contribution in [2.45, 2.75) is 24.3 Å². The van der Waals surface area contributed by atoms with Crippen LogP contribution in [-0.2, 0) is 14.8 Å². The molecule has 1 aromatic rings. The third kappa shape index (κ3) is 3.67. The summed E-state index contributed by atoms with van der Waals surface area (Å²) in [6, 6.07) is 1.66. The highest BCUT2D eigenvalue weighted by atomic mass is 32.2. The molecule has 9 heteroatoms. The highest BCUT2D eigenvalue weighted by Crippen LogP contribution is 2.22. The second-order valence-electron chi connectivity index (χ2n) is 5.28. The molecule has 0 aliphatic carbocycles. The predicted molar refractivity (Wildman–Crippen MR) is 78.4 cm³/mol. The van der Waals surface area contributed by atoms with E-state index >= 15 is 0 Å². The molecule has 0 bridgehead atoms. The molecule has 1 N–H and O–H groups in total. The average Bonchev–Trinajstić information content (AvgIpc) is 2.47. The van der Waals surface area contributed by atoms with E-state index in [4.69, 9.17) is 5.11 Å². The van der Waals surface area contributed by atoms with Crippen LogP contribution in [0.25, 0.3) is 0 Å². The average molecular weight is 348 g/mol. The molecule has 23 heavy (non-hydrogen) atoms. The first-order chi connectivity index (χ1) is 10.8. The van der Waals surface area contributed by atoms with Gasteiger partial charge in [-0.05, 0) is 18.6 Å². The zero-order valence-electron chi connectivity index (χ0n) is 12.6. The smallest absolute Gasteiger partial charge is 0.320 e. The van der Waals surface area contributed by atoms with Crippen LogP contribution in [0.15, 0.2) is 23.1 Å². The standard InChI is InChI=1S/C14H18F2N2O4S/c1-2-12(14(19)20)17-5-7-18(8-6-17)23(21,22)13-4-3-10(15)9-11(13)16/h3-4,9,12H,2,5-8H2,1H3,(H,19,20). The first kappa shape index (κ1) is 17.8. The first-order valence-electron chi connectivity index (χ1n) is 7.19. The van der Waals surface area contributed by atoms with Gasteiger partial charge >= 0.3 is 5.97 Å². The number of hydrogen-bond acceptors (Lipinski definition) is 4. The van der Waals surface area contributed by atoms with E-state index in [0.717, 1.165) is 16.4 Å². The van der Waals surface area contributed by atoms with Crippen LogP contribution >= 0.6 is 0 Å². The largest absolute Gasteiger partial charge is 0.480 e. The van der Waals surface area contributed by atoms with Gasteiger partial charge in [-0.2, -0.15) is 4.31 Å². The number of carboxylic acid groups (broad SMARTS) is 1. The van der Waals surface area contributed by atoms with E-state index in [1.54, 1.807) is 11.8 Å². The van der Waals surface area contributed by atoms with Gasteiger partial charge in [-0.1, -0.05) is 6.92 Å². The minimum atomic E-state index is -4.07. The molecular weight excluding hydrogens is 330 g/mol. The summed E-state index contributed by atoms with van der Waals surface area (Å²) in [6.07, 6.45) is 0.411. The number of halogens is 2. The summed E-state index contributed by atoms with van der Waals surface area (Å²) in [5.74, 6) is -2.93. The summed E-state index contributed by atoms with van der Waals surface area (Å²) in [7, 11) is -4.07. The lowest BCUT2D eigenvalue weighted by atomic mass is 10.1. The maximum Gasteiger partial charge on any atom is 0.320 e. The van der Waals surface area contributed by atoms with Crippen molar-refractivity contribution in [2.24, 2.45) is 0 Å². The van der Waals surface area contributed by atoms with Crippen LogP contribution in [0, 0.1) is 11.6 Å². The summed E-state index contributed by atoms with van der Waals surface area (Å²) in [5.41, 5.74) is 0. The van der Waals surface area contributed by atoms with Gasteiger partial charge in [0.05, 0.1) is 0 Å². The van der Waals surface area contributed by atoms with Crippen molar-refractivity contribution >= 4 is 16.0 Å². The molecule has 1 unspecified atom stereocenters. The molecule has 1 atom stereocenters. The van der Waals surface area contributed by atoms with Crippen LogP contribution in [-0.4, -0.2) is 60.9 Å². The van der Waals surface area contributed by atoms with E-state index in [1.165, 1.54) is 0 Å². The molecule has 1 saturated heterocycles. The molecule has 1 aromatic carbocycles. The maximum absolute atomic E-state index is 13.7. The Kier molecular flexibility index (Phi) is 5.33. The van der Waals surface area contributed by atoms with Crippen molar-refractivity contribution in [3.05, 3.63) is 29.8 Å². The Morgan fingerprint density at radius 2 is 1.87 bits per heavy atom. The minimum Gasteiger partial charge on any atom is -0.480 e. The van der Waals surface area contributed by atoms with E-state index in [0.29, 0.717) is 12.5 Å². The number of carbonyl (C=O) groups is 1. The predicted octanol–water partition coefficient (Wildman–Crippen LogP) is 1.13. The Morgan fingerprint density at radius 3 is 2.35 bits per heavy atom. The van der Waals surface area contributed by atoms with E-state index < -0.39 is 38.6 Å². The lowest BCUT2D eigenvalue weighted by Gasteiger charge is -2.36. The van der Waals surface area contributed by atoms with Gasteiger partial charge in [-0.3, -0.25) is 9.69 Å². The van der Waals surface area contributed by atoms with Crippen molar-refractivity contribution < 1.29 is 27.1 Å². The molecule has 1 aliphatic rings. The number of rotatable bonds is 5. The summed E-state index contributed by atoms with van der Waals surface area (Å²) >= 11 is 0. The lowest BCUT2D eigenvalue weighted by molar-refractivity contribution is -0.143. The van der Waals surface area contributed by atoms with Crippen molar-refractivity contribution in [3.63, 3.8) is 0 Å². The molecule has 6 nitrogen and oxygen atoms in total. The number of piperazine rings is 1. The Bertz CT molecular complexity index is 688.